The highest BCUT2D eigenvalue weighted by atomic mass is 32.2. The van der Waals surface area contributed by atoms with Gasteiger partial charge in [0.2, 0.25) is 0 Å². The summed E-state index contributed by atoms with van der Waals surface area (Å²) in [5.74, 6) is 0. The maximum atomic E-state index is 12.8. The summed E-state index contributed by atoms with van der Waals surface area (Å²) in [6.07, 6.45) is 8.32. The van der Waals surface area contributed by atoms with Crippen LogP contribution < -0.4 is 5.32 Å². The van der Waals surface area contributed by atoms with Gasteiger partial charge in [0.1, 0.15) is 5.37 Å². The summed E-state index contributed by atoms with van der Waals surface area (Å²) in [5, 5.41) is 2.77. The fourth-order valence-corrected chi connectivity index (χ4v) is 4.89. The summed E-state index contributed by atoms with van der Waals surface area (Å²) >= 11 is 0. The van der Waals surface area contributed by atoms with Crippen molar-refractivity contribution in [2.45, 2.75) is 68.6 Å². The Morgan fingerprint density at radius 2 is 1.95 bits per heavy atom. The highest BCUT2D eigenvalue weighted by molar-refractivity contribution is 7.92. The van der Waals surface area contributed by atoms with Crippen LogP contribution in [-0.4, -0.2) is 20.3 Å². The van der Waals surface area contributed by atoms with Crippen molar-refractivity contribution < 1.29 is 8.42 Å². The molecule has 21 heavy (non-hydrogen) atoms. The summed E-state index contributed by atoms with van der Waals surface area (Å²) in [4.78, 5) is 0.542. The number of aryl methyl sites for hydroxylation is 1. The summed E-state index contributed by atoms with van der Waals surface area (Å²) in [6.45, 7) is 3.00. The van der Waals surface area contributed by atoms with Gasteiger partial charge >= 0.3 is 0 Å². The average molecular weight is 309 g/mol. The lowest BCUT2D eigenvalue weighted by Crippen LogP contribution is -2.40. The van der Waals surface area contributed by atoms with Crippen LogP contribution in [-0.2, 0) is 16.3 Å². The van der Waals surface area contributed by atoms with Crippen LogP contribution in [0.15, 0.2) is 29.2 Å². The molecule has 0 bridgehead atoms. The average Bonchev–Trinajstić information content (AvgIpc) is 2.53. The molecule has 1 unspecified atom stereocenters. The molecule has 3 nitrogen and oxygen atoms in total. The quantitative estimate of drug-likeness (QED) is 0.782. The van der Waals surface area contributed by atoms with Crippen molar-refractivity contribution in [2.75, 3.05) is 6.54 Å². The largest absolute Gasteiger partial charge is 0.301 e. The lowest BCUT2D eigenvalue weighted by Gasteiger charge is -2.24. The SMILES string of the molecule is CCCCCCc1ccccc1S(=O)(=O)C1CCCCN1. The van der Waals surface area contributed by atoms with Crippen molar-refractivity contribution in [1.82, 2.24) is 5.32 Å². The topological polar surface area (TPSA) is 46.2 Å². The van der Waals surface area contributed by atoms with E-state index in [-0.39, 0.29) is 0 Å². The van der Waals surface area contributed by atoms with Gasteiger partial charge in [0.05, 0.1) is 4.90 Å². The molecule has 1 saturated heterocycles. The van der Waals surface area contributed by atoms with Crippen molar-refractivity contribution in [3.05, 3.63) is 29.8 Å². The zero-order chi connectivity index (χ0) is 15.1. The van der Waals surface area contributed by atoms with Gasteiger partial charge in [-0.3, -0.25) is 0 Å². The molecule has 4 heteroatoms. The Balaban J connectivity index is 2.14. The maximum Gasteiger partial charge on any atom is 0.194 e. The minimum Gasteiger partial charge on any atom is -0.301 e. The molecule has 118 valence electrons. The van der Waals surface area contributed by atoms with E-state index in [1.807, 2.05) is 18.2 Å². The summed E-state index contributed by atoms with van der Waals surface area (Å²) in [7, 11) is -3.25. The predicted molar refractivity (Wildman–Crippen MR) is 87.1 cm³/mol. The molecular formula is C17H27NO2S. The van der Waals surface area contributed by atoms with E-state index in [0.29, 0.717) is 4.90 Å². The molecule has 1 aromatic rings. The van der Waals surface area contributed by atoms with E-state index in [2.05, 4.69) is 12.2 Å². The monoisotopic (exact) mass is 309 g/mol. The molecule has 1 aromatic carbocycles. The van der Waals surface area contributed by atoms with Crippen LogP contribution in [0.2, 0.25) is 0 Å². The van der Waals surface area contributed by atoms with Crippen molar-refractivity contribution in [3.63, 3.8) is 0 Å². The Kier molecular flexibility index (Phi) is 6.24. The second-order valence-corrected chi connectivity index (χ2v) is 8.00. The van der Waals surface area contributed by atoms with Crippen LogP contribution in [0.1, 0.15) is 57.4 Å². The Morgan fingerprint density at radius 3 is 2.67 bits per heavy atom. The third-order valence-electron chi connectivity index (χ3n) is 4.22. The van der Waals surface area contributed by atoms with Crippen LogP contribution in [0.4, 0.5) is 0 Å². The van der Waals surface area contributed by atoms with E-state index in [1.54, 1.807) is 6.07 Å². The predicted octanol–water partition coefficient (Wildman–Crippen LogP) is 3.68. The molecule has 0 spiro atoms. The number of rotatable bonds is 7. The van der Waals surface area contributed by atoms with Crippen LogP contribution >= 0.6 is 0 Å². The zero-order valence-corrected chi connectivity index (χ0v) is 13.8. The summed E-state index contributed by atoms with van der Waals surface area (Å²) in [6, 6.07) is 7.54. The van der Waals surface area contributed by atoms with Crippen molar-refractivity contribution in [1.29, 1.82) is 0 Å². The lowest BCUT2D eigenvalue weighted by molar-refractivity contribution is 0.460. The Hall–Kier alpha value is -0.870. The molecule has 0 aromatic heterocycles. The maximum absolute atomic E-state index is 12.8. The first-order valence-electron chi connectivity index (χ1n) is 8.21. The lowest BCUT2D eigenvalue weighted by atomic mass is 10.1. The molecule has 0 saturated carbocycles. The first-order valence-corrected chi connectivity index (χ1v) is 9.76. The minimum atomic E-state index is -3.25. The third kappa shape index (κ3) is 4.30. The number of nitrogens with one attached hydrogen (secondary N) is 1. The summed E-state index contributed by atoms with van der Waals surface area (Å²) in [5.41, 5.74) is 0.987. The fraction of sp³-hybridized carbons (Fsp3) is 0.647. The highest BCUT2D eigenvalue weighted by Crippen LogP contribution is 2.25. The van der Waals surface area contributed by atoms with E-state index in [9.17, 15) is 8.42 Å². The molecule has 1 aliphatic rings. The van der Waals surface area contributed by atoms with Gasteiger partial charge in [0, 0.05) is 0 Å². The van der Waals surface area contributed by atoms with Crippen LogP contribution in [0.3, 0.4) is 0 Å². The molecule has 1 aliphatic heterocycles. The number of unbranched alkanes of at least 4 members (excludes halogenated alkanes) is 3. The molecule has 1 atom stereocenters. The van der Waals surface area contributed by atoms with Crippen LogP contribution in [0.25, 0.3) is 0 Å². The number of benzene rings is 1. The van der Waals surface area contributed by atoms with Crippen molar-refractivity contribution in [3.8, 4) is 0 Å². The van der Waals surface area contributed by atoms with Crippen LogP contribution in [0.5, 0.6) is 0 Å². The second kappa shape index (κ2) is 7.95. The smallest absolute Gasteiger partial charge is 0.194 e. The molecule has 1 heterocycles. The van der Waals surface area contributed by atoms with E-state index >= 15 is 0 Å². The molecule has 2 rings (SSSR count). The van der Waals surface area contributed by atoms with Crippen molar-refractivity contribution in [2.24, 2.45) is 0 Å². The number of hydrogen-bond acceptors (Lipinski definition) is 3. The van der Waals surface area contributed by atoms with Gasteiger partial charge in [-0.1, -0.05) is 44.4 Å². The van der Waals surface area contributed by atoms with Gasteiger partial charge in [-0.2, -0.15) is 0 Å². The molecule has 1 N–H and O–H groups in total. The zero-order valence-electron chi connectivity index (χ0n) is 13.0. The number of hydrogen-bond donors (Lipinski definition) is 1. The van der Waals surface area contributed by atoms with E-state index in [1.165, 1.54) is 19.3 Å². The number of piperidine rings is 1. The Labute approximate surface area is 129 Å². The molecule has 0 aliphatic carbocycles. The van der Waals surface area contributed by atoms with E-state index in [4.69, 9.17) is 0 Å². The van der Waals surface area contributed by atoms with Gasteiger partial charge < -0.3 is 5.32 Å². The van der Waals surface area contributed by atoms with Crippen LogP contribution in [0, 0.1) is 0 Å². The molecule has 1 fully saturated rings. The Morgan fingerprint density at radius 1 is 1.14 bits per heavy atom. The Bertz CT molecular complexity index is 533. The van der Waals surface area contributed by atoms with Gasteiger partial charge in [0.15, 0.2) is 9.84 Å². The highest BCUT2D eigenvalue weighted by Gasteiger charge is 2.30. The van der Waals surface area contributed by atoms with E-state index < -0.39 is 15.2 Å². The van der Waals surface area contributed by atoms with Gasteiger partial charge in [-0.25, -0.2) is 8.42 Å². The van der Waals surface area contributed by atoms with Gasteiger partial charge in [0.25, 0.3) is 0 Å². The fourth-order valence-electron chi connectivity index (χ4n) is 2.97. The second-order valence-electron chi connectivity index (χ2n) is 5.90. The van der Waals surface area contributed by atoms with Gasteiger partial charge in [-0.15, -0.1) is 0 Å². The third-order valence-corrected chi connectivity index (χ3v) is 6.38. The summed E-state index contributed by atoms with van der Waals surface area (Å²) < 4.78 is 25.7. The van der Waals surface area contributed by atoms with Crippen molar-refractivity contribution >= 4 is 9.84 Å². The minimum absolute atomic E-state index is 0.400. The first kappa shape index (κ1) is 16.5. The molecule has 0 amide bonds. The molecule has 0 radical (unpaired) electrons. The normalized spacial score (nSPS) is 19.6. The van der Waals surface area contributed by atoms with Gasteiger partial charge in [-0.05, 0) is 50.3 Å². The molecular weight excluding hydrogens is 282 g/mol. The first-order chi connectivity index (χ1) is 10.2. The van der Waals surface area contributed by atoms with E-state index in [0.717, 1.165) is 44.2 Å². The standard InChI is InChI=1S/C17H27NO2S/c1-2-3-4-5-10-15-11-6-7-12-16(15)21(19,20)17-13-8-9-14-18-17/h6-7,11-12,17-18H,2-5,8-10,13-14H2,1H3. The number of sulfone groups is 1.